The first kappa shape index (κ1) is 22.6. The number of nitrogen functional groups attached to an aromatic ring is 1. The fraction of sp³-hybridized carbons (Fsp3) is 0.120. The summed E-state index contributed by atoms with van der Waals surface area (Å²) in [7, 11) is 1.52. The van der Waals surface area contributed by atoms with E-state index in [-0.39, 0.29) is 17.5 Å². The number of amides is 1. The first-order chi connectivity index (χ1) is 15.7. The normalized spacial score (nSPS) is 12.4. The number of halogens is 2. The molecule has 1 heterocycles. The van der Waals surface area contributed by atoms with Gasteiger partial charge >= 0.3 is 0 Å². The lowest BCUT2D eigenvalue weighted by Gasteiger charge is -2.16. The van der Waals surface area contributed by atoms with E-state index in [2.05, 4.69) is 10.3 Å². The highest BCUT2D eigenvalue weighted by molar-refractivity contribution is 7.17. The molecule has 3 aromatic carbocycles. The molecule has 0 fully saturated rings. The molecule has 0 saturated carbocycles. The van der Waals surface area contributed by atoms with Crippen molar-refractivity contribution in [3.05, 3.63) is 95.7 Å². The molecule has 0 aliphatic heterocycles. The Bertz CT molecular complexity index is 1310. The molecule has 2 atom stereocenters. The minimum Gasteiger partial charge on any atom is -0.457 e. The Morgan fingerprint density at radius 3 is 2.55 bits per heavy atom. The average Bonchev–Trinajstić information content (AvgIpc) is 2.79. The number of pyridine rings is 1. The van der Waals surface area contributed by atoms with Crippen LogP contribution in [-0.4, -0.2) is 10.9 Å². The van der Waals surface area contributed by atoms with Gasteiger partial charge in [0.2, 0.25) is 0 Å². The van der Waals surface area contributed by atoms with E-state index in [0.29, 0.717) is 22.9 Å². The molecule has 4 rings (SSSR count). The van der Waals surface area contributed by atoms with Crippen LogP contribution in [0.2, 0.25) is 0 Å². The third-order valence-electron chi connectivity index (χ3n) is 5.25. The van der Waals surface area contributed by atoms with Crippen molar-refractivity contribution in [3.8, 4) is 11.5 Å². The number of benzene rings is 3. The van der Waals surface area contributed by atoms with Crippen LogP contribution in [0.25, 0.3) is 10.8 Å². The van der Waals surface area contributed by atoms with Crippen LogP contribution in [0.3, 0.4) is 0 Å². The van der Waals surface area contributed by atoms with Crippen LogP contribution in [0.15, 0.2) is 79.0 Å². The molecule has 0 aliphatic carbocycles. The summed E-state index contributed by atoms with van der Waals surface area (Å²) in [5.41, 5.74) is 4.03. The first-order valence-corrected chi connectivity index (χ1v) is 10.8. The van der Waals surface area contributed by atoms with Crippen molar-refractivity contribution in [2.24, 2.45) is 0 Å². The number of nitrogens with two attached hydrogens (primary N) is 1. The van der Waals surface area contributed by atoms with Gasteiger partial charge in [0.15, 0.2) is 0 Å². The zero-order valence-corrected chi connectivity index (χ0v) is 18.9. The number of ether oxygens (including phenoxy) is 1. The Labute approximate surface area is 192 Å². The van der Waals surface area contributed by atoms with Crippen molar-refractivity contribution in [2.75, 3.05) is 5.73 Å². The summed E-state index contributed by atoms with van der Waals surface area (Å²) in [6.07, 6.45) is 1.60. The second-order valence-electron chi connectivity index (χ2n) is 7.61. The number of hydrogen-bond acceptors (Lipinski definition) is 4. The number of nitrogens with zero attached hydrogens (tertiary/aromatic N) is 1. The second-order valence-corrected chi connectivity index (χ2v) is 8.34. The monoisotopic (exact) mass is 465 g/mol. The molecule has 0 saturated heterocycles. The van der Waals surface area contributed by atoms with E-state index in [1.165, 1.54) is 33.5 Å². The Morgan fingerprint density at radius 1 is 1.09 bits per heavy atom. The summed E-state index contributed by atoms with van der Waals surface area (Å²) in [6.45, 7) is 1.84. The summed E-state index contributed by atoms with van der Waals surface area (Å²) >= 11 is 0. The zero-order valence-electron chi connectivity index (χ0n) is 17.8. The maximum atomic E-state index is 13.4. The highest BCUT2D eigenvalue weighted by Gasteiger charge is 2.24. The van der Waals surface area contributed by atoms with Gasteiger partial charge in [-0.25, -0.2) is 4.98 Å². The molecule has 0 radical (unpaired) electrons. The van der Waals surface area contributed by atoms with Gasteiger partial charge in [0.05, 0.1) is 6.04 Å². The fourth-order valence-electron chi connectivity index (χ4n) is 3.51. The number of carbonyl (C=O) groups is 1. The summed E-state index contributed by atoms with van der Waals surface area (Å²) in [6, 6.07) is 19.7. The highest BCUT2D eigenvalue weighted by atomic mass is 31.0. The van der Waals surface area contributed by atoms with E-state index < -0.39 is 5.66 Å². The molecule has 8 heteroatoms. The predicted molar refractivity (Wildman–Crippen MR) is 129 cm³/mol. The Balaban J connectivity index is 1.54. The number of fused-ring (bicyclic) bond motifs is 1. The molecule has 168 valence electrons. The molecular formula is C25H22F2N3O2P. The summed E-state index contributed by atoms with van der Waals surface area (Å²) in [5.74, 6) is 1.12. The standard InChI is InChI=1S/C25H22F2N3O2P/c1-15(20-5-3-13-29-23(20)28)30-24(31)17-7-12-21-16(14-17)4-2-6-22(21)32-19-10-8-18(9-11-19)25(26,27)33/h2-15H,33H2,1H3,(H2,28,29)(H,30,31). The molecule has 1 aromatic heterocycles. The molecule has 4 aromatic rings. The Hall–Kier alpha value is -3.57. The SMILES string of the molecule is CC(NC(=O)c1ccc2c(Oc3ccc(C(F)(F)P)cc3)cccc2c1)c1cccnc1N. The maximum Gasteiger partial charge on any atom is 0.283 e. The number of carbonyl (C=O) groups excluding carboxylic acids is 1. The van der Waals surface area contributed by atoms with E-state index in [4.69, 9.17) is 10.5 Å². The molecule has 33 heavy (non-hydrogen) atoms. The predicted octanol–water partition coefficient (Wildman–Crippen LogP) is 6.02. The number of nitrogens with one attached hydrogen (secondary N) is 1. The lowest BCUT2D eigenvalue weighted by molar-refractivity contribution is 0.0939. The maximum absolute atomic E-state index is 13.4. The third-order valence-corrected chi connectivity index (χ3v) is 5.59. The number of rotatable bonds is 6. The molecule has 0 aliphatic rings. The van der Waals surface area contributed by atoms with Crippen LogP contribution < -0.4 is 15.8 Å². The molecule has 5 nitrogen and oxygen atoms in total. The van der Waals surface area contributed by atoms with Crippen LogP contribution >= 0.6 is 9.24 Å². The lowest BCUT2D eigenvalue weighted by atomic mass is 10.0. The van der Waals surface area contributed by atoms with E-state index in [1.54, 1.807) is 36.5 Å². The third kappa shape index (κ3) is 5.10. The van der Waals surface area contributed by atoms with Gasteiger partial charge in [-0.1, -0.05) is 27.4 Å². The molecule has 0 spiro atoms. The van der Waals surface area contributed by atoms with Gasteiger partial charge in [0, 0.05) is 28.3 Å². The van der Waals surface area contributed by atoms with Crippen LogP contribution in [0, 0.1) is 0 Å². The first-order valence-electron chi connectivity index (χ1n) is 10.2. The van der Waals surface area contributed by atoms with Gasteiger partial charge in [-0.05, 0) is 66.9 Å². The minimum atomic E-state index is -2.99. The minimum absolute atomic E-state index is 0.115. The van der Waals surface area contributed by atoms with Gasteiger partial charge in [-0.3, -0.25) is 4.79 Å². The summed E-state index contributed by atoms with van der Waals surface area (Å²) < 4.78 is 32.7. The number of aromatic nitrogens is 1. The van der Waals surface area contributed by atoms with Crippen molar-refractivity contribution in [3.63, 3.8) is 0 Å². The summed E-state index contributed by atoms with van der Waals surface area (Å²) in [5, 5.41) is 4.53. The van der Waals surface area contributed by atoms with Crippen molar-refractivity contribution in [2.45, 2.75) is 18.6 Å². The zero-order chi connectivity index (χ0) is 23.6. The van der Waals surface area contributed by atoms with Crippen molar-refractivity contribution >= 4 is 31.7 Å². The van der Waals surface area contributed by atoms with Gasteiger partial charge in [-0.2, -0.15) is 8.78 Å². The number of alkyl halides is 2. The van der Waals surface area contributed by atoms with Crippen LogP contribution in [0.5, 0.6) is 11.5 Å². The van der Waals surface area contributed by atoms with Gasteiger partial charge in [0.25, 0.3) is 11.6 Å². The van der Waals surface area contributed by atoms with Crippen molar-refractivity contribution < 1.29 is 18.3 Å². The average molecular weight is 465 g/mol. The summed E-state index contributed by atoms with van der Waals surface area (Å²) in [4.78, 5) is 16.9. The van der Waals surface area contributed by atoms with E-state index >= 15 is 0 Å². The largest absolute Gasteiger partial charge is 0.457 e. The quantitative estimate of drug-likeness (QED) is 0.341. The van der Waals surface area contributed by atoms with Gasteiger partial charge in [0.1, 0.15) is 17.3 Å². The fourth-order valence-corrected chi connectivity index (χ4v) is 3.70. The van der Waals surface area contributed by atoms with Gasteiger partial charge < -0.3 is 15.8 Å². The van der Waals surface area contributed by atoms with Crippen LogP contribution in [0.4, 0.5) is 14.6 Å². The molecule has 2 unspecified atom stereocenters. The lowest BCUT2D eigenvalue weighted by Crippen LogP contribution is -2.27. The van der Waals surface area contributed by atoms with E-state index in [0.717, 1.165) is 16.3 Å². The number of anilines is 1. The van der Waals surface area contributed by atoms with Crippen molar-refractivity contribution in [1.82, 2.24) is 10.3 Å². The van der Waals surface area contributed by atoms with Crippen LogP contribution in [-0.2, 0) is 5.66 Å². The molecule has 0 bridgehead atoms. The second kappa shape index (κ2) is 9.12. The Kier molecular flexibility index (Phi) is 6.25. The molecule has 1 amide bonds. The smallest absolute Gasteiger partial charge is 0.283 e. The molecular weight excluding hydrogens is 443 g/mol. The van der Waals surface area contributed by atoms with Crippen molar-refractivity contribution in [1.29, 1.82) is 0 Å². The van der Waals surface area contributed by atoms with E-state index in [9.17, 15) is 13.6 Å². The van der Waals surface area contributed by atoms with E-state index in [1.807, 2.05) is 25.1 Å². The Morgan fingerprint density at radius 2 is 1.85 bits per heavy atom. The van der Waals surface area contributed by atoms with Gasteiger partial charge in [-0.15, -0.1) is 0 Å². The number of hydrogen-bond donors (Lipinski definition) is 2. The topological polar surface area (TPSA) is 77.2 Å². The highest BCUT2D eigenvalue weighted by Crippen LogP contribution is 2.36. The molecule has 3 N–H and O–H groups in total. The van der Waals surface area contributed by atoms with Crippen LogP contribution in [0.1, 0.15) is 34.5 Å².